The summed E-state index contributed by atoms with van der Waals surface area (Å²) in [5.41, 5.74) is 0. The molecule has 212 valence electrons. The van der Waals surface area contributed by atoms with Gasteiger partial charge in [0.1, 0.15) is 0 Å². The molecular weight excluding hydrogens is 464 g/mol. The molecule has 0 saturated carbocycles. The first kappa shape index (κ1) is 34.8. The number of hydrogen-bond donors (Lipinski definition) is 0. The van der Waals surface area contributed by atoms with Crippen LogP contribution in [0.15, 0.2) is 0 Å². The molecule has 2 atom stereocenters. The van der Waals surface area contributed by atoms with Gasteiger partial charge in [-0.25, -0.2) is 8.37 Å². The van der Waals surface area contributed by atoms with Crippen molar-refractivity contribution < 1.29 is 26.3 Å². The molecule has 0 aromatic heterocycles. The van der Waals surface area contributed by atoms with Crippen molar-refractivity contribution in [2.24, 2.45) is 0 Å². The summed E-state index contributed by atoms with van der Waals surface area (Å²) in [5, 5.41) is 0. The molecule has 0 aliphatic heterocycles. The zero-order valence-corrected chi connectivity index (χ0v) is 24.4. The van der Waals surface area contributed by atoms with Gasteiger partial charge in [-0.1, -0.05) is 117 Å². The average molecular weight is 523 g/mol. The van der Waals surface area contributed by atoms with Crippen LogP contribution in [0.1, 0.15) is 156 Å². The maximum Gasteiger partial charge on any atom is 0.404 e. The van der Waals surface area contributed by atoms with Crippen molar-refractivity contribution in [1.82, 2.24) is 0 Å². The molecule has 7 heteroatoms. The summed E-state index contributed by atoms with van der Waals surface area (Å²) >= 11 is 0. The quantitative estimate of drug-likeness (QED) is 0.0755. The number of rotatable bonds is 28. The molecule has 0 spiro atoms. The first-order valence-corrected chi connectivity index (χ1v) is 16.2. The smallest absolute Gasteiger partial charge is 0.352 e. The lowest BCUT2D eigenvalue weighted by molar-refractivity contribution is -0.113. The second-order valence-corrected chi connectivity index (χ2v) is 10.8. The van der Waals surface area contributed by atoms with Crippen molar-refractivity contribution in [2.75, 3.05) is 13.2 Å². The number of ether oxygens (including phenoxy) is 2. The van der Waals surface area contributed by atoms with E-state index in [9.17, 15) is 8.42 Å². The van der Waals surface area contributed by atoms with Crippen molar-refractivity contribution in [3.8, 4) is 0 Å². The number of hydrogen-bond acceptors (Lipinski definition) is 6. The van der Waals surface area contributed by atoms with Gasteiger partial charge in [-0.05, 0) is 39.5 Å². The van der Waals surface area contributed by atoms with Crippen LogP contribution in [0.2, 0.25) is 0 Å². The van der Waals surface area contributed by atoms with Crippen LogP contribution in [0.5, 0.6) is 0 Å². The SMILES string of the molecule is CCCCCCCCCCCC(OCC)OS(=O)(=O)OC(CCCCCCCCCCC)OCC. The number of unbranched alkanes of at least 4 members (excludes halogenated alkanes) is 16. The minimum Gasteiger partial charge on any atom is -0.352 e. The van der Waals surface area contributed by atoms with E-state index in [0.717, 1.165) is 25.7 Å². The van der Waals surface area contributed by atoms with Gasteiger partial charge in [0.25, 0.3) is 0 Å². The van der Waals surface area contributed by atoms with E-state index in [1.165, 1.54) is 89.9 Å². The molecule has 0 aliphatic rings. The molecule has 0 aromatic rings. The fraction of sp³-hybridized carbons (Fsp3) is 1.00. The largest absolute Gasteiger partial charge is 0.404 e. The van der Waals surface area contributed by atoms with Gasteiger partial charge in [-0.15, -0.1) is 0 Å². The molecule has 0 amide bonds. The van der Waals surface area contributed by atoms with Crippen LogP contribution in [0, 0.1) is 0 Å². The van der Waals surface area contributed by atoms with Crippen LogP contribution >= 0.6 is 0 Å². The van der Waals surface area contributed by atoms with E-state index in [1.54, 1.807) is 0 Å². The van der Waals surface area contributed by atoms with Gasteiger partial charge in [0.05, 0.1) is 0 Å². The van der Waals surface area contributed by atoms with Crippen molar-refractivity contribution >= 4 is 10.4 Å². The van der Waals surface area contributed by atoms with Crippen LogP contribution in [0.3, 0.4) is 0 Å². The Labute approximate surface area is 218 Å². The van der Waals surface area contributed by atoms with E-state index in [2.05, 4.69) is 13.8 Å². The molecule has 0 heterocycles. The monoisotopic (exact) mass is 522 g/mol. The maximum atomic E-state index is 12.5. The average Bonchev–Trinajstić information content (AvgIpc) is 2.81. The molecule has 6 nitrogen and oxygen atoms in total. The lowest BCUT2D eigenvalue weighted by Gasteiger charge is -2.20. The third kappa shape index (κ3) is 23.9. The van der Waals surface area contributed by atoms with Gasteiger partial charge < -0.3 is 9.47 Å². The van der Waals surface area contributed by atoms with Gasteiger partial charge in [-0.2, -0.15) is 8.42 Å². The third-order valence-electron chi connectivity index (χ3n) is 6.24. The van der Waals surface area contributed by atoms with E-state index >= 15 is 0 Å². The highest BCUT2D eigenvalue weighted by Crippen LogP contribution is 2.18. The Balaban J connectivity index is 4.21. The molecule has 35 heavy (non-hydrogen) atoms. The highest BCUT2D eigenvalue weighted by molar-refractivity contribution is 7.81. The van der Waals surface area contributed by atoms with Gasteiger partial charge in [0.15, 0.2) is 12.6 Å². The third-order valence-corrected chi connectivity index (χ3v) is 7.14. The summed E-state index contributed by atoms with van der Waals surface area (Å²) in [6.45, 7) is 8.93. The molecule has 0 saturated heterocycles. The normalized spacial score (nSPS) is 13.8. The first-order valence-electron chi connectivity index (χ1n) is 14.8. The Hall–Kier alpha value is -0.210. The van der Waals surface area contributed by atoms with E-state index in [4.69, 9.17) is 17.8 Å². The zero-order valence-electron chi connectivity index (χ0n) is 23.6. The topological polar surface area (TPSA) is 71.1 Å². The molecule has 0 N–H and O–H groups in total. The summed E-state index contributed by atoms with van der Waals surface area (Å²) in [4.78, 5) is 0. The molecule has 0 radical (unpaired) electrons. The summed E-state index contributed by atoms with van der Waals surface area (Å²) in [6, 6.07) is 0. The van der Waals surface area contributed by atoms with E-state index in [-0.39, 0.29) is 0 Å². The predicted octanol–water partition coefficient (Wildman–Crippen LogP) is 8.83. The Morgan fingerprint density at radius 2 is 0.743 bits per heavy atom. The van der Waals surface area contributed by atoms with Gasteiger partial charge in [-0.3, -0.25) is 0 Å². The van der Waals surface area contributed by atoms with E-state index in [1.807, 2.05) is 13.8 Å². The standard InChI is InChI=1S/C28H58O6S/c1-5-9-11-13-15-17-19-21-23-25-27(31-7-3)33-35(29,30)34-28(32-8-4)26-24-22-20-18-16-14-12-10-6-2/h27-28H,5-26H2,1-4H3. The van der Waals surface area contributed by atoms with E-state index < -0.39 is 23.0 Å². The van der Waals surface area contributed by atoms with Gasteiger partial charge >= 0.3 is 10.4 Å². The summed E-state index contributed by atoms with van der Waals surface area (Å²) in [5.74, 6) is 0. The van der Waals surface area contributed by atoms with Crippen LogP contribution in [0.25, 0.3) is 0 Å². The fourth-order valence-electron chi connectivity index (χ4n) is 4.22. The molecule has 0 fully saturated rings. The van der Waals surface area contributed by atoms with Crippen molar-refractivity contribution in [2.45, 2.75) is 169 Å². The molecule has 0 aromatic carbocycles. The predicted molar refractivity (Wildman–Crippen MR) is 146 cm³/mol. The van der Waals surface area contributed by atoms with Crippen LogP contribution in [0.4, 0.5) is 0 Å². The highest BCUT2D eigenvalue weighted by atomic mass is 32.3. The van der Waals surface area contributed by atoms with Gasteiger partial charge in [0, 0.05) is 13.2 Å². The molecular formula is C28H58O6S. The van der Waals surface area contributed by atoms with Crippen molar-refractivity contribution in [3.63, 3.8) is 0 Å². The molecule has 2 unspecified atom stereocenters. The van der Waals surface area contributed by atoms with Crippen LogP contribution < -0.4 is 0 Å². The van der Waals surface area contributed by atoms with Crippen LogP contribution in [-0.4, -0.2) is 34.2 Å². The Kier molecular flexibility index (Phi) is 25.3. The second kappa shape index (κ2) is 25.4. The molecule has 0 aliphatic carbocycles. The van der Waals surface area contributed by atoms with Crippen molar-refractivity contribution in [1.29, 1.82) is 0 Å². The lowest BCUT2D eigenvalue weighted by Crippen LogP contribution is -2.28. The Morgan fingerprint density at radius 1 is 0.457 bits per heavy atom. The second-order valence-electron chi connectivity index (χ2n) is 9.60. The summed E-state index contributed by atoms with van der Waals surface area (Å²) in [7, 11) is -4.19. The maximum absolute atomic E-state index is 12.5. The van der Waals surface area contributed by atoms with E-state index in [0.29, 0.717) is 26.1 Å². The van der Waals surface area contributed by atoms with Crippen molar-refractivity contribution in [3.05, 3.63) is 0 Å². The first-order chi connectivity index (χ1) is 17.0. The minimum atomic E-state index is -4.19. The Bertz CT molecular complexity index is 486. The zero-order chi connectivity index (χ0) is 26.0. The Morgan fingerprint density at radius 3 is 1.03 bits per heavy atom. The minimum absolute atomic E-state index is 0.394. The highest BCUT2D eigenvalue weighted by Gasteiger charge is 2.25. The fourth-order valence-corrected chi connectivity index (χ4v) is 5.09. The molecule has 0 bridgehead atoms. The van der Waals surface area contributed by atoms with Gasteiger partial charge in [0.2, 0.25) is 0 Å². The molecule has 0 rings (SSSR count). The van der Waals surface area contributed by atoms with Crippen LogP contribution in [-0.2, 0) is 28.2 Å². The summed E-state index contributed by atoms with van der Waals surface area (Å²) in [6.07, 6.45) is 21.2. The lowest BCUT2D eigenvalue weighted by atomic mass is 10.1. The summed E-state index contributed by atoms with van der Waals surface area (Å²) < 4.78 is 46.6.